The summed E-state index contributed by atoms with van der Waals surface area (Å²) in [6.45, 7) is 1.63. The first-order valence-corrected chi connectivity index (χ1v) is 6.32. The van der Waals surface area contributed by atoms with E-state index in [4.69, 9.17) is 4.74 Å². The first-order valence-electron chi connectivity index (χ1n) is 6.32. The Kier molecular flexibility index (Phi) is 3.94. The molecule has 0 amide bonds. The van der Waals surface area contributed by atoms with Gasteiger partial charge in [-0.05, 0) is 18.6 Å². The Balaban J connectivity index is 2.47. The molecule has 20 heavy (non-hydrogen) atoms. The van der Waals surface area contributed by atoms with Crippen LogP contribution in [0.4, 0.5) is 0 Å². The van der Waals surface area contributed by atoms with Crippen molar-refractivity contribution in [2.24, 2.45) is 0 Å². The van der Waals surface area contributed by atoms with Gasteiger partial charge in [0.25, 0.3) is 0 Å². The molecule has 3 N–H and O–H groups in total. The Labute approximate surface area is 115 Å². The van der Waals surface area contributed by atoms with Crippen LogP contribution >= 0.6 is 0 Å². The van der Waals surface area contributed by atoms with Crippen LogP contribution in [0.5, 0.6) is 11.5 Å². The molecule has 1 heterocycles. The number of aliphatic hydroxyl groups is 1. The molecule has 0 saturated carbocycles. The van der Waals surface area contributed by atoms with Gasteiger partial charge in [-0.15, -0.1) is 0 Å². The van der Waals surface area contributed by atoms with Crippen LogP contribution in [0, 0.1) is 0 Å². The number of benzene rings is 1. The maximum absolute atomic E-state index is 12.1. The normalized spacial score (nSPS) is 23.9. The number of Topliss-reactive ketones (excluding diaryl/α,β-unsaturated/α-hetero) is 1. The van der Waals surface area contributed by atoms with Crippen molar-refractivity contribution in [3.63, 3.8) is 0 Å². The van der Waals surface area contributed by atoms with Crippen LogP contribution in [0.3, 0.4) is 0 Å². The smallest absolute Gasteiger partial charge is 0.310 e. The van der Waals surface area contributed by atoms with Gasteiger partial charge in [-0.1, -0.05) is 0 Å². The summed E-state index contributed by atoms with van der Waals surface area (Å²) in [5.74, 6) is -1.69. The topological polar surface area (TPSA) is 104 Å². The van der Waals surface area contributed by atoms with E-state index < -0.39 is 29.7 Å². The van der Waals surface area contributed by atoms with E-state index >= 15 is 0 Å². The molecule has 0 bridgehead atoms. The van der Waals surface area contributed by atoms with Gasteiger partial charge < -0.3 is 20.1 Å². The average molecular weight is 280 g/mol. The molecular weight excluding hydrogens is 264 g/mol. The van der Waals surface area contributed by atoms with Crippen molar-refractivity contribution in [3.05, 3.63) is 23.3 Å². The quantitative estimate of drug-likeness (QED) is 0.610. The molecule has 0 aromatic heterocycles. The molecule has 6 nitrogen and oxygen atoms in total. The molecule has 0 unspecified atom stereocenters. The molecule has 6 heteroatoms. The summed E-state index contributed by atoms with van der Waals surface area (Å²) < 4.78 is 5.10. The number of cyclic esters (lactones) is 1. The first-order chi connectivity index (χ1) is 9.36. The Morgan fingerprint density at radius 1 is 1.25 bits per heavy atom. The van der Waals surface area contributed by atoms with Crippen molar-refractivity contribution in [1.29, 1.82) is 0 Å². The van der Waals surface area contributed by atoms with Crippen molar-refractivity contribution in [1.82, 2.24) is 0 Å². The van der Waals surface area contributed by atoms with Gasteiger partial charge in [0.1, 0.15) is 17.6 Å². The highest BCUT2D eigenvalue weighted by Gasteiger charge is 2.26. The number of phenols is 2. The lowest BCUT2D eigenvalue weighted by Gasteiger charge is -2.20. The van der Waals surface area contributed by atoms with E-state index in [1.165, 1.54) is 6.07 Å². The Bertz CT molecular complexity index is 551. The Hall–Kier alpha value is -2.08. The van der Waals surface area contributed by atoms with E-state index in [-0.39, 0.29) is 36.1 Å². The summed E-state index contributed by atoms with van der Waals surface area (Å²) in [6.07, 6.45) is -1.69. The monoisotopic (exact) mass is 280 g/mol. The summed E-state index contributed by atoms with van der Waals surface area (Å²) >= 11 is 0. The highest BCUT2D eigenvalue weighted by Crippen LogP contribution is 2.30. The van der Waals surface area contributed by atoms with Gasteiger partial charge in [0.15, 0.2) is 5.78 Å². The van der Waals surface area contributed by atoms with Crippen LogP contribution < -0.4 is 0 Å². The fourth-order valence-corrected chi connectivity index (χ4v) is 2.38. The summed E-state index contributed by atoms with van der Waals surface area (Å²) in [6, 6.07) is 2.27. The first kappa shape index (κ1) is 14.3. The zero-order valence-electron chi connectivity index (χ0n) is 11.0. The molecule has 1 aromatic carbocycles. The lowest BCUT2D eigenvalue weighted by Crippen LogP contribution is -2.26. The molecule has 0 fully saturated rings. The standard InChI is InChI=1S/C14H16O6/c1-7-2-9(15)5-11(17)14-8(4-13(19)20-7)3-10(16)6-12(14)18/h3,6-7,9,15-16,18H,2,4-5H2,1H3/t7-,9-/m0/s1. The lowest BCUT2D eigenvalue weighted by molar-refractivity contribution is -0.148. The van der Waals surface area contributed by atoms with Crippen LogP contribution in [0.15, 0.2) is 12.1 Å². The van der Waals surface area contributed by atoms with E-state index in [1.54, 1.807) is 6.92 Å². The largest absolute Gasteiger partial charge is 0.508 e. The Morgan fingerprint density at radius 2 is 1.95 bits per heavy atom. The summed E-state index contributed by atoms with van der Waals surface area (Å²) in [4.78, 5) is 23.9. The van der Waals surface area contributed by atoms with Gasteiger partial charge in [0.05, 0.1) is 18.1 Å². The molecule has 2 rings (SSSR count). The van der Waals surface area contributed by atoms with Crippen LogP contribution in [-0.4, -0.2) is 39.3 Å². The number of phenolic OH excluding ortho intramolecular Hbond substituents is 2. The predicted molar refractivity (Wildman–Crippen MR) is 68.6 cm³/mol. The van der Waals surface area contributed by atoms with Crippen molar-refractivity contribution in [2.75, 3.05) is 0 Å². The Morgan fingerprint density at radius 3 is 2.65 bits per heavy atom. The number of aromatic hydroxyl groups is 2. The zero-order chi connectivity index (χ0) is 14.9. The number of fused-ring (bicyclic) bond motifs is 1. The zero-order valence-corrected chi connectivity index (χ0v) is 11.0. The average Bonchev–Trinajstić information content (AvgIpc) is 2.24. The summed E-state index contributed by atoms with van der Waals surface area (Å²) in [5.41, 5.74) is 0.146. The fourth-order valence-electron chi connectivity index (χ4n) is 2.38. The number of esters is 1. The number of ketones is 1. The van der Waals surface area contributed by atoms with Gasteiger partial charge >= 0.3 is 5.97 Å². The molecule has 108 valence electrons. The molecule has 0 spiro atoms. The van der Waals surface area contributed by atoms with Crippen molar-refractivity contribution < 1.29 is 29.6 Å². The molecule has 0 saturated heterocycles. The van der Waals surface area contributed by atoms with Crippen molar-refractivity contribution in [3.8, 4) is 11.5 Å². The summed E-state index contributed by atoms with van der Waals surface area (Å²) in [5, 5.41) is 29.0. The van der Waals surface area contributed by atoms with Crippen molar-refractivity contribution >= 4 is 11.8 Å². The SMILES string of the molecule is C[C@H]1C[C@H](O)CC(=O)c2c(O)cc(O)cc2CC(=O)O1. The second kappa shape index (κ2) is 5.50. The van der Waals surface area contributed by atoms with Crippen LogP contribution in [0.25, 0.3) is 0 Å². The maximum Gasteiger partial charge on any atom is 0.310 e. The van der Waals surface area contributed by atoms with Crippen molar-refractivity contribution in [2.45, 2.75) is 38.4 Å². The highest BCUT2D eigenvalue weighted by atomic mass is 16.5. The van der Waals surface area contributed by atoms with E-state index in [2.05, 4.69) is 0 Å². The minimum atomic E-state index is -0.954. The molecule has 1 aliphatic rings. The highest BCUT2D eigenvalue weighted by molar-refractivity contribution is 6.01. The van der Waals surface area contributed by atoms with Gasteiger partial charge in [-0.3, -0.25) is 9.59 Å². The van der Waals surface area contributed by atoms with Crippen LogP contribution in [0.2, 0.25) is 0 Å². The number of hydrogen-bond donors (Lipinski definition) is 3. The number of ether oxygens (including phenoxy) is 1. The van der Waals surface area contributed by atoms with Gasteiger partial charge in [-0.25, -0.2) is 0 Å². The van der Waals surface area contributed by atoms with Gasteiger partial charge in [0, 0.05) is 18.9 Å². The van der Waals surface area contributed by atoms with Gasteiger partial charge in [-0.2, -0.15) is 0 Å². The third kappa shape index (κ3) is 3.08. The van der Waals surface area contributed by atoms with E-state index in [0.29, 0.717) is 0 Å². The minimum absolute atomic E-state index is 0.0478. The fraction of sp³-hybridized carbons (Fsp3) is 0.429. The molecule has 0 aliphatic carbocycles. The number of carbonyl (C=O) groups excluding carboxylic acids is 2. The maximum atomic E-state index is 12.1. The lowest BCUT2D eigenvalue weighted by atomic mass is 9.94. The van der Waals surface area contributed by atoms with E-state index in [9.17, 15) is 24.9 Å². The molecule has 2 atom stereocenters. The molecular formula is C14H16O6. The van der Waals surface area contributed by atoms with Crippen LogP contribution in [-0.2, 0) is 16.0 Å². The number of hydrogen-bond acceptors (Lipinski definition) is 6. The number of aliphatic hydroxyl groups excluding tert-OH is 1. The van der Waals surface area contributed by atoms with E-state index in [0.717, 1.165) is 6.07 Å². The van der Waals surface area contributed by atoms with Crippen LogP contribution in [0.1, 0.15) is 35.7 Å². The van der Waals surface area contributed by atoms with Gasteiger partial charge in [0.2, 0.25) is 0 Å². The second-order valence-electron chi connectivity index (χ2n) is 4.99. The number of carbonyl (C=O) groups is 2. The number of rotatable bonds is 0. The molecule has 1 aliphatic heterocycles. The second-order valence-corrected chi connectivity index (χ2v) is 4.99. The predicted octanol–water partition coefficient (Wildman–Crippen LogP) is 0.909. The third-order valence-electron chi connectivity index (χ3n) is 3.16. The van der Waals surface area contributed by atoms with E-state index in [1.807, 2.05) is 0 Å². The molecule has 0 radical (unpaired) electrons. The minimum Gasteiger partial charge on any atom is -0.508 e. The summed E-state index contributed by atoms with van der Waals surface area (Å²) in [7, 11) is 0. The third-order valence-corrected chi connectivity index (χ3v) is 3.16. The molecule has 1 aromatic rings.